The summed E-state index contributed by atoms with van der Waals surface area (Å²) in [5, 5.41) is 3.09. The van der Waals surface area contributed by atoms with Gasteiger partial charge in [-0.05, 0) is 11.6 Å². The van der Waals surface area contributed by atoms with Crippen LogP contribution in [-0.4, -0.2) is 9.97 Å². The molecule has 2 aromatic heterocycles. The number of hydrogen-bond acceptors (Lipinski definition) is 5. The fraction of sp³-hybridized carbons (Fsp3) is 0.0769. The smallest absolute Gasteiger partial charge is 0.124 e. The van der Waals surface area contributed by atoms with Crippen LogP contribution in [0.2, 0.25) is 0 Å². The maximum atomic E-state index is 5.66. The topological polar surface area (TPSA) is 51.8 Å². The van der Waals surface area contributed by atoms with Crippen molar-refractivity contribution in [2.24, 2.45) is 5.73 Å². The quantitative estimate of drug-likeness (QED) is 0.795. The molecular weight excluding hydrogens is 262 g/mol. The number of nitrogens with zero attached hydrogens (tertiary/aromatic N) is 2. The second-order valence-corrected chi connectivity index (χ2v) is 5.55. The number of hydrogen-bond donors (Lipinski definition) is 1. The van der Waals surface area contributed by atoms with E-state index in [1.54, 1.807) is 22.7 Å². The van der Waals surface area contributed by atoms with Gasteiger partial charge in [0.2, 0.25) is 0 Å². The standard InChI is InChI=1S/C13H11N3S2/c14-5-9-2-1-3-10(4-9)13-16-11(7-17-13)12-6-15-8-18-12/h1-4,6-8H,5,14H2. The van der Waals surface area contributed by atoms with Crippen molar-refractivity contribution in [1.82, 2.24) is 9.97 Å². The number of benzene rings is 1. The summed E-state index contributed by atoms with van der Waals surface area (Å²) in [6.07, 6.45) is 1.85. The molecule has 0 saturated heterocycles. The highest BCUT2D eigenvalue weighted by molar-refractivity contribution is 7.15. The average Bonchev–Trinajstić information content (AvgIpc) is 3.09. The lowest BCUT2D eigenvalue weighted by Gasteiger charge is -1.99. The van der Waals surface area contributed by atoms with E-state index in [4.69, 9.17) is 5.73 Å². The molecule has 0 aliphatic rings. The molecule has 0 radical (unpaired) electrons. The Bertz CT molecular complexity index is 644. The van der Waals surface area contributed by atoms with E-state index in [-0.39, 0.29) is 0 Å². The Labute approximate surface area is 113 Å². The lowest BCUT2D eigenvalue weighted by Crippen LogP contribution is -1.95. The number of aromatic nitrogens is 2. The number of rotatable bonds is 3. The van der Waals surface area contributed by atoms with Gasteiger partial charge in [-0.1, -0.05) is 18.2 Å². The van der Waals surface area contributed by atoms with Gasteiger partial charge in [0.25, 0.3) is 0 Å². The van der Waals surface area contributed by atoms with E-state index >= 15 is 0 Å². The van der Waals surface area contributed by atoms with Crippen LogP contribution < -0.4 is 5.73 Å². The van der Waals surface area contributed by atoms with Crippen LogP contribution in [0.3, 0.4) is 0 Å². The van der Waals surface area contributed by atoms with Gasteiger partial charge in [0.05, 0.1) is 16.1 Å². The largest absolute Gasteiger partial charge is 0.326 e. The summed E-state index contributed by atoms with van der Waals surface area (Å²) in [4.78, 5) is 9.83. The van der Waals surface area contributed by atoms with Crippen molar-refractivity contribution >= 4 is 22.7 Å². The van der Waals surface area contributed by atoms with Gasteiger partial charge >= 0.3 is 0 Å². The molecular formula is C13H11N3S2. The van der Waals surface area contributed by atoms with Crippen molar-refractivity contribution in [3.63, 3.8) is 0 Å². The van der Waals surface area contributed by atoms with E-state index in [9.17, 15) is 0 Å². The Morgan fingerprint density at radius 2 is 2.17 bits per heavy atom. The monoisotopic (exact) mass is 273 g/mol. The van der Waals surface area contributed by atoms with Crippen molar-refractivity contribution in [2.75, 3.05) is 0 Å². The van der Waals surface area contributed by atoms with Crippen LogP contribution in [0.4, 0.5) is 0 Å². The van der Waals surface area contributed by atoms with Crippen LogP contribution in [0.15, 0.2) is 41.4 Å². The Morgan fingerprint density at radius 3 is 2.94 bits per heavy atom. The van der Waals surface area contributed by atoms with Gasteiger partial charge in [-0.3, -0.25) is 4.98 Å². The minimum absolute atomic E-state index is 0.556. The molecule has 0 spiro atoms. The molecule has 5 heteroatoms. The normalized spacial score (nSPS) is 10.7. The van der Waals surface area contributed by atoms with E-state index in [2.05, 4.69) is 27.5 Å². The molecule has 2 N–H and O–H groups in total. The molecule has 0 aliphatic carbocycles. The second-order valence-electron chi connectivity index (χ2n) is 3.81. The molecule has 3 nitrogen and oxygen atoms in total. The van der Waals surface area contributed by atoms with Crippen LogP contribution in [0.5, 0.6) is 0 Å². The van der Waals surface area contributed by atoms with E-state index in [0.717, 1.165) is 26.7 Å². The fourth-order valence-electron chi connectivity index (χ4n) is 1.69. The minimum atomic E-state index is 0.556. The van der Waals surface area contributed by atoms with Crippen molar-refractivity contribution in [1.29, 1.82) is 0 Å². The Balaban J connectivity index is 1.97. The lowest BCUT2D eigenvalue weighted by atomic mass is 10.1. The highest BCUT2D eigenvalue weighted by Gasteiger charge is 2.07. The van der Waals surface area contributed by atoms with Gasteiger partial charge in [0, 0.05) is 23.7 Å². The van der Waals surface area contributed by atoms with E-state index < -0.39 is 0 Å². The fourth-order valence-corrected chi connectivity index (χ4v) is 3.17. The predicted molar refractivity (Wildman–Crippen MR) is 76.5 cm³/mol. The van der Waals surface area contributed by atoms with Crippen LogP contribution in [0, 0.1) is 0 Å². The molecule has 90 valence electrons. The van der Waals surface area contributed by atoms with Crippen LogP contribution in [0.1, 0.15) is 5.56 Å². The third kappa shape index (κ3) is 2.20. The molecule has 0 amide bonds. The zero-order valence-electron chi connectivity index (χ0n) is 9.54. The summed E-state index contributed by atoms with van der Waals surface area (Å²) >= 11 is 3.25. The Hall–Kier alpha value is -1.56. The molecule has 0 unspecified atom stereocenters. The second kappa shape index (κ2) is 4.97. The van der Waals surface area contributed by atoms with Crippen LogP contribution in [-0.2, 0) is 6.54 Å². The van der Waals surface area contributed by atoms with Gasteiger partial charge in [-0.2, -0.15) is 0 Å². The first-order valence-corrected chi connectivity index (χ1v) is 7.26. The minimum Gasteiger partial charge on any atom is -0.326 e. The van der Waals surface area contributed by atoms with Gasteiger partial charge in [0.15, 0.2) is 0 Å². The molecule has 3 aromatic rings. The zero-order chi connectivity index (χ0) is 12.4. The summed E-state index contributed by atoms with van der Waals surface area (Å²) in [6.45, 7) is 0.556. The SMILES string of the molecule is NCc1cccc(-c2nc(-c3cncs3)cs2)c1. The first kappa shape index (κ1) is 11.5. The molecule has 2 heterocycles. The summed E-state index contributed by atoms with van der Waals surface area (Å²) < 4.78 is 0. The summed E-state index contributed by atoms with van der Waals surface area (Å²) in [6, 6.07) is 8.20. The van der Waals surface area contributed by atoms with Crippen molar-refractivity contribution in [2.45, 2.75) is 6.54 Å². The van der Waals surface area contributed by atoms with Crippen molar-refractivity contribution in [3.05, 3.63) is 46.9 Å². The molecule has 3 rings (SSSR count). The molecule has 1 aromatic carbocycles. The average molecular weight is 273 g/mol. The molecule has 0 fully saturated rings. The van der Waals surface area contributed by atoms with Gasteiger partial charge in [-0.25, -0.2) is 4.98 Å². The maximum absolute atomic E-state index is 5.66. The first-order chi connectivity index (χ1) is 8.86. The van der Waals surface area contributed by atoms with E-state index in [0.29, 0.717) is 6.54 Å². The van der Waals surface area contributed by atoms with Gasteiger partial charge in [-0.15, -0.1) is 22.7 Å². The lowest BCUT2D eigenvalue weighted by molar-refractivity contribution is 1.07. The number of nitrogens with two attached hydrogens (primary N) is 1. The predicted octanol–water partition coefficient (Wildman–Crippen LogP) is 3.39. The van der Waals surface area contributed by atoms with Crippen LogP contribution >= 0.6 is 22.7 Å². The van der Waals surface area contributed by atoms with E-state index in [1.807, 2.05) is 23.8 Å². The third-order valence-corrected chi connectivity index (χ3v) is 4.29. The number of thiazole rings is 2. The van der Waals surface area contributed by atoms with Gasteiger partial charge < -0.3 is 5.73 Å². The van der Waals surface area contributed by atoms with E-state index in [1.165, 1.54) is 0 Å². The summed E-state index contributed by atoms with van der Waals surface area (Å²) in [7, 11) is 0. The maximum Gasteiger partial charge on any atom is 0.124 e. The summed E-state index contributed by atoms with van der Waals surface area (Å²) in [5.41, 5.74) is 10.7. The third-order valence-electron chi connectivity index (χ3n) is 2.60. The highest BCUT2D eigenvalue weighted by atomic mass is 32.1. The zero-order valence-corrected chi connectivity index (χ0v) is 11.2. The van der Waals surface area contributed by atoms with Crippen LogP contribution in [0.25, 0.3) is 21.1 Å². The molecule has 18 heavy (non-hydrogen) atoms. The Morgan fingerprint density at radius 1 is 1.22 bits per heavy atom. The molecule has 0 atom stereocenters. The highest BCUT2D eigenvalue weighted by Crippen LogP contribution is 2.30. The summed E-state index contributed by atoms with van der Waals surface area (Å²) in [5.74, 6) is 0. The molecule has 0 saturated carbocycles. The first-order valence-electron chi connectivity index (χ1n) is 5.50. The molecule has 0 bridgehead atoms. The molecule has 0 aliphatic heterocycles. The Kier molecular flexibility index (Phi) is 3.19. The van der Waals surface area contributed by atoms with Gasteiger partial charge in [0.1, 0.15) is 5.01 Å². The van der Waals surface area contributed by atoms with Crippen molar-refractivity contribution < 1.29 is 0 Å². The van der Waals surface area contributed by atoms with Crippen molar-refractivity contribution in [3.8, 4) is 21.1 Å².